The van der Waals surface area contributed by atoms with Gasteiger partial charge in [-0.2, -0.15) is 0 Å². The number of fused-ring (bicyclic) bond motifs is 5. The molecule has 0 heterocycles. The average Bonchev–Trinajstić information content (AvgIpc) is 2.72. The van der Waals surface area contributed by atoms with E-state index in [9.17, 15) is 0 Å². The van der Waals surface area contributed by atoms with Crippen molar-refractivity contribution in [1.29, 1.82) is 0 Å². The second-order valence-corrected chi connectivity index (χ2v) is 5.73. The number of rotatable bonds is 0. The Bertz CT molecular complexity index is 541. The van der Waals surface area contributed by atoms with Crippen LogP contribution in [0.15, 0.2) is 48.5 Å². The summed E-state index contributed by atoms with van der Waals surface area (Å²) in [5.74, 6) is 0. The summed E-state index contributed by atoms with van der Waals surface area (Å²) in [4.78, 5) is 0. The largest absolute Gasteiger partial charge is 0.0619 e. The first-order valence-corrected chi connectivity index (χ1v) is 7.11. The van der Waals surface area contributed by atoms with E-state index in [1.165, 1.54) is 43.2 Å². The molecule has 4 rings (SSSR count). The van der Waals surface area contributed by atoms with Crippen LogP contribution in [0.5, 0.6) is 0 Å². The van der Waals surface area contributed by atoms with Crippen LogP contribution in [-0.4, -0.2) is 0 Å². The minimum absolute atomic E-state index is 0.339. The summed E-state index contributed by atoms with van der Waals surface area (Å²) in [6.07, 6.45) is 6.83. The molecule has 90 valence electrons. The van der Waals surface area contributed by atoms with E-state index in [1.54, 1.807) is 11.1 Å². The number of hydrogen-bond acceptors (Lipinski definition) is 0. The smallest absolute Gasteiger partial charge is 0.0215 e. The van der Waals surface area contributed by atoms with Crippen molar-refractivity contribution in [2.75, 3.05) is 0 Å². The molecule has 0 nitrogen and oxygen atoms in total. The van der Waals surface area contributed by atoms with Gasteiger partial charge in [0.05, 0.1) is 0 Å². The predicted molar refractivity (Wildman–Crippen MR) is 75.7 cm³/mol. The zero-order chi connectivity index (χ0) is 12.0. The molecule has 1 fully saturated rings. The first-order chi connectivity index (χ1) is 8.92. The van der Waals surface area contributed by atoms with Gasteiger partial charge in [-0.3, -0.25) is 0 Å². The molecule has 0 heteroatoms. The zero-order valence-electron chi connectivity index (χ0n) is 10.7. The molecule has 2 aliphatic rings. The van der Waals surface area contributed by atoms with Gasteiger partial charge < -0.3 is 0 Å². The molecule has 0 radical (unpaired) electrons. The summed E-state index contributed by atoms with van der Waals surface area (Å²) in [7, 11) is 0. The number of benzene rings is 2. The molecule has 0 unspecified atom stereocenters. The predicted octanol–water partition coefficient (Wildman–Crippen LogP) is 4.92. The van der Waals surface area contributed by atoms with Crippen LogP contribution in [0.2, 0.25) is 0 Å². The lowest BCUT2D eigenvalue weighted by molar-refractivity contribution is 0.353. The Morgan fingerprint density at radius 2 is 1.11 bits per heavy atom. The molecule has 0 N–H and O–H groups in total. The Morgan fingerprint density at radius 3 is 1.67 bits per heavy atom. The molecule has 0 bridgehead atoms. The van der Waals surface area contributed by atoms with Crippen LogP contribution in [0.1, 0.15) is 43.2 Å². The van der Waals surface area contributed by atoms with Crippen LogP contribution >= 0.6 is 0 Å². The number of hydrogen-bond donors (Lipinski definition) is 0. The Kier molecular flexibility index (Phi) is 2.14. The molecule has 2 aromatic rings. The third kappa shape index (κ3) is 1.21. The maximum atomic E-state index is 2.36. The highest BCUT2D eigenvalue weighted by molar-refractivity contribution is 5.81. The Balaban J connectivity index is 2.03. The van der Waals surface area contributed by atoms with Crippen molar-refractivity contribution in [2.45, 2.75) is 37.5 Å². The maximum Gasteiger partial charge on any atom is 0.0215 e. The Morgan fingerprint density at radius 1 is 0.611 bits per heavy atom. The molecule has 1 spiro atoms. The Labute approximate surface area is 109 Å². The van der Waals surface area contributed by atoms with Gasteiger partial charge in [-0.1, -0.05) is 67.8 Å². The van der Waals surface area contributed by atoms with E-state index < -0.39 is 0 Å². The fraction of sp³-hybridized carbons (Fsp3) is 0.333. The molecule has 0 aromatic heterocycles. The topological polar surface area (TPSA) is 0 Å². The van der Waals surface area contributed by atoms with E-state index in [1.807, 2.05) is 0 Å². The van der Waals surface area contributed by atoms with E-state index in [0.29, 0.717) is 5.41 Å². The molecule has 2 aromatic carbocycles. The quantitative estimate of drug-likeness (QED) is 0.607. The minimum Gasteiger partial charge on any atom is -0.0619 e. The standard InChI is InChI=1S/C18H18/c1-6-12-18(13-7-1)16-10-4-2-8-14(16)15-9-3-5-11-17(15)18/h2-5,8-11H,1,6-7,12-13H2. The van der Waals surface area contributed by atoms with Crippen LogP contribution < -0.4 is 0 Å². The van der Waals surface area contributed by atoms with Gasteiger partial charge in [-0.15, -0.1) is 0 Å². The second kappa shape index (κ2) is 3.71. The van der Waals surface area contributed by atoms with E-state index in [4.69, 9.17) is 0 Å². The van der Waals surface area contributed by atoms with Crippen LogP contribution in [0.25, 0.3) is 11.1 Å². The fourth-order valence-corrected chi connectivity index (χ4v) is 4.11. The lowest BCUT2D eigenvalue weighted by Gasteiger charge is -2.35. The summed E-state index contributed by atoms with van der Waals surface area (Å²) >= 11 is 0. The van der Waals surface area contributed by atoms with Gasteiger partial charge in [0.2, 0.25) is 0 Å². The normalized spacial score (nSPS) is 19.6. The summed E-state index contributed by atoms with van der Waals surface area (Å²) in [6, 6.07) is 18.1. The van der Waals surface area contributed by atoms with Gasteiger partial charge in [0, 0.05) is 5.41 Å². The first kappa shape index (κ1) is 10.4. The average molecular weight is 234 g/mol. The maximum absolute atomic E-state index is 2.36. The summed E-state index contributed by atoms with van der Waals surface area (Å²) in [5.41, 5.74) is 6.48. The lowest BCUT2D eigenvalue weighted by atomic mass is 9.68. The van der Waals surface area contributed by atoms with E-state index in [-0.39, 0.29) is 0 Å². The van der Waals surface area contributed by atoms with Crippen LogP contribution in [0, 0.1) is 0 Å². The van der Waals surface area contributed by atoms with Gasteiger partial charge in [0.15, 0.2) is 0 Å². The molecule has 0 aliphatic heterocycles. The van der Waals surface area contributed by atoms with Crippen molar-refractivity contribution in [1.82, 2.24) is 0 Å². The molecule has 0 amide bonds. The van der Waals surface area contributed by atoms with Crippen molar-refractivity contribution < 1.29 is 0 Å². The third-order valence-corrected chi connectivity index (χ3v) is 4.88. The molecular weight excluding hydrogens is 216 g/mol. The van der Waals surface area contributed by atoms with E-state index in [0.717, 1.165) is 0 Å². The highest BCUT2D eigenvalue weighted by atomic mass is 14.5. The van der Waals surface area contributed by atoms with Gasteiger partial charge in [-0.05, 0) is 35.1 Å². The summed E-state index contributed by atoms with van der Waals surface area (Å²) < 4.78 is 0. The molecule has 2 aliphatic carbocycles. The third-order valence-electron chi connectivity index (χ3n) is 4.88. The van der Waals surface area contributed by atoms with Gasteiger partial charge in [0.25, 0.3) is 0 Å². The van der Waals surface area contributed by atoms with Gasteiger partial charge >= 0.3 is 0 Å². The molecule has 0 saturated heterocycles. The second-order valence-electron chi connectivity index (χ2n) is 5.73. The molecule has 0 atom stereocenters. The Hall–Kier alpha value is -1.56. The van der Waals surface area contributed by atoms with Crippen molar-refractivity contribution in [3.05, 3.63) is 59.7 Å². The van der Waals surface area contributed by atoms with E-state index >= 15 is 0 Å². The van der Waals surface area contributed by atoms with Crippen LogP contribution in [0.3, 0.4) is 0 Å². The van der Waals surface area contributed by atoms with Crippen molar-refractivity contribution >= 4 is 0 Å². The summed E-state index contributed by atoms with van der Waals surface area (Å²) in [5, 5.41) is 0. The monoisotopic (exact) mass is 234 g/mol. The lowest BCUT2D eigenvalue weighted by Crippen LogP contribution is -2.27. The van der Waals surface area contributed by atoms with Crippen LogP contribution in [0.4, 0.5) is 0 Å². The highest BCUT2D eigenvalue weighted by Gasteiger charge is 2.42. The van der Waals surface area contributed by atoms with Crippen molar-refractivity contribution in [2.24, 2.45) is 0 Å². The van der Waals surface area contributed by atoms with Gasteiger partial charge in [0.1, 0.15) is 0 Å². The van der Waals surface area contributed by atoms with Gasteiger partial charge in [-0.25, -0.2) is 0 Å². The SMILES string of the molecule is c1ccc2c(c1)-c1ccccc1C21CCCCC1. The fourth-order valence-electron chi connectivity index (χ4n) is 4.11. The van der Waals surface area contributed by atoms with Crippen molar-refractivity contribution in [3.8, 4) is 11.1 Å². The molecular formula is C18H18. The van der Waals surface area contributed by atoms with E-state index in [2.05, 4.69) is 48.5 Å². The first-order valence-electron chi connectivity index (χ1n) is 7.11. The van der Waals surface area contributed by atoms with Crippen LogP contribution in [-0.2, 0) is 5.41 Å². The molecule has 1 saturated carbocycles. The highest BCUT2D eigenvalue weighted by Crippen LogP contribution is 2.55. The zero-order valence-corrected chi connectivity index (χ0v) is 10.7. The summed E-state index contributed by atoms with van der Waals surface area (Å²) in [6.45, 7) is 0. The van der Waals surface area contributed by atoms with Crippen molar-refractivity contribution in [3.63, 3.8) is 0 Å². The molecule has 18 heavy (non-hydrogen) atoms. The minimum atomic E-state index is 0.339.